The SMILES string of the molecule is CCCNc1cc(NCC2CC3CCC2C3)ncn1. The van der Waals surface area contributed by atoms with E-state index >= 15 is 0 Å². The molecule has 1 aromatic heterocycles. The Balaban J connectivity index is 1.52. The first-order valence-corrected chi connectivity index (χ1v) is 7.65. The first-order valence-electron chi connectivity index (χ1n) is 7.65. The third kappa shape index (κ3) is 2.99. The predicted octanol–water partition coefficient (Wildman–Crippen LogP) is 3.15. The zero-order chi connectivity index (χ0) is 13.1. The molecule has 0 amide bonds. The summed E-state index contributed by atoms with van der Waals surface area (Å²) in [5, 5.41) is 6.80. The van der Waals surface area contributed by atoms with Gasteiger partial charge in [0.25, 0.3) is 0 Å². The lowest BCUT2D eigenvalue weighted by Crippen LogP contribution is -2.20. The Morgan fingerprint density at radius 2 is 2.00 bits per heavy atom. The lowest BCUT2D eigenvalue weighted by atomic mass is 9.89. The average molecular weight is 260 g/mol. The highest BCUT2D eigenvalue weighted by molar-refractivity contribution is 5.46. The first-order chi connectivity index (χ1) is 9.35. The minimum atomic E-state index is 0.862. The molecule has 4 nitrogen and oxygen atoms in total. The fraction of sp³-hybridized carbons (Fsp3) is 0.733. The fourth-order valence-corrected chi connectivity index (χ4v) is 3.67. The lowest BCUT2D eigenvalue weighted by Gasteiger charge is -2.22. The van der Waals surface area contributed by atoms with Crippen molar-refractivity contribution in [3.8, 4) is 0 Å². The molecule has 3 atom stereocenters. The molecule has 0 saturated heterocycles. The maximum Gasteiger partial charge on any atom is 0.131 e. The fourth-order valence-electron chi connectivity index (χ4n) is 3.67. The van der Waals surface area contributed by atoms with E-state index in [0.717, 1.165) is 48.9 Å². The van der Waals surface area contributed by atoms with E-state index in [-0.39, 0.29) is 0 Å². The standard InChI is InChI=1S/C15H24N4/c1-2-5-16-14-8-15(19-10-18-14)17-9-13-7-11-3-4-12(13)6-11/h8,10-13H,2-7,9H2,1H3,(H2,16,17,18,19). The molecule has 3 rings (SSSR count). The molecule has 2 saturated carbocycles. The number of hydrogen-bond donors (Lipinski definition) is 2. The molecule has 1 aromatic rings. The van der Waals surface area contributed by atoms with Gasteiger partial charge in [0, 0.05) is 19.2 Å². The van der Waals surface area contributed by atoms with E-state index in [0.29, 0.717) is 0 Å². The smallest absolute Gasteiger partial charge is 0.131 e. The van der Waals surface area contributed by atoms with E-state index in [1.165, 1.54) is 25.7 Å². The van der Waals surface area contributed by atoms with E-state index in [1.807, 2.05) is 6.07 Å². The van der Waals surface area contributed by atoms with Crippen LogP contribution in [0.25, 0.3) is 0 Å². The molecule has 2 aliphatic rings. The van der Waals surface area contributed by atoms with Gasteiger partial charge in [0.15, 0.2) is 0 Å². The summed E-state index contributed by atoms with van der Waals surface area (Å²) in [6.07, 6.45) is 8.56. The Morgan fingerprint density at radius 1 is 1.16 bits per heavy atom. The number of aromatic nitrogens is 2. The van der Waals surface area contributed by atoms with Crippen molar-refractivity contribution < 1.29 is 0 Å². The number of hydrogen-bond acceptors (Lipinski definition) is 4. The predicted molar refractivity (Wildman–Crippen MR) is 78.2 cm³/mol. The molecular weight excluding hydrogens is 236 g/mol. The number of anilines is 2. The molecule has 0 radical (unpaired) electrons. The van der Waals surface area contributed by atoms with Gasteiger partial charge in [-0.1, -0.05) is 13.3 Å². The molecule has 1 heterocycles. The van der Waals surface area contributed by atoms with E-state index < -0.39 is 0 Å². The Morgan fingerprint density at radius 3 is 2.68 bits per heavy atom. The summed E-state index contributed by atoms with van der Waals surface area (Å²) in [7, 11) is 0. The van der Waals surface area contributed by atoms with Gasteiger partial charge >= 0.3 is 0 Å². The second-order valence-electron chi connectivity index (χ2n) is 6.03. The first kappa shape index (κ1) is 12.7. The maximum atomic E-state index is 4.31. The third-order valence-corrected chi connectivity index (χ3v) is 4.65. The highest BCUT2D eigenvalue weighted by atomic mass is 15.1. The van der Waals surface area contributed by atoms with Gasteiger partial charge < -0.3 is 10.6 Å². The van der Waals surface area contributed by atoms with Crippen molar-refractivity contribution in [3.05, 3.63) is 12.4 Å². The second kappa shape index (κ2) is 5.76. The highest BCUT2D eigenvalue weighted by Crippen LogP contribution is 2.48. The molecule has 104 valence electrons. The van der Waals surface area contributed by atoms with Crippen LogP contribution in [0, 0.1) is 17.8 Å². The average Bonchev–Trinajstić information content (AvgIpc) is 3.06. The molecule has 2 N–H and O–H groups in total. The minimum Gasteiger partial charge on any atom is -0.370 e. The van der Waals surface area contributed by atoms with E-state index in [2.05, 4.69) is 27.5 Å². The molecule has 4 heteroatoms. The number of nitrogens with one attached hydrogen (secondary N) is 2. The third-order valence-electron chi connectivity index (χ3n) is 4.65. The van der Waals surface area contributed by atoms with Crippen molar-refractivity contribution in [2.45, 2.75) is 39.0 Å². The zero-order valence-electron chi connectivity index (χ0n) is 11.7. The van der Waals surface area contributed by atoms with Crippen molar-refractivity contribution in [1.29, 1.82) is 0 Å². The number of fused-ring (bicyclic) bond motifs is 2. The van der Waals surface area contributed by atoms with Crippen LogP contribution >= 0.6 is 0 Å². The molecule has 0 spiro atoms. The Bertz CT molecular complexity index is 420. The van der Waals surface area contributed by atoms with Crippen molar-refractivity contribution in [2.75, 3.05) is 23.7 Å². The maximum absolute atomic E-state index is 4.31. The summed E-state index contributed by atoms with van der Waals surface area (Å²) in [6, 6.07) is 2.02. The second-order valence-corrected chi connectivity index (χ2v) is 6.03. The molecule has 0 aromatic carbocycles. The zero-order valence-corrected chi connectivity index (χ0v) is 11.7. The summed E-state index contributed by atoms with van der Waals surface area (Å²) in [4.78, 5) is 8.54. The van der Waals surface area contributed by atoms with Crippen LogP contribution in [0.1, 0.15) is 39.0 Å². The molecule has 2 aliphatic carbocycles. The van der Waals surface area contributed by atoms with Crippen molar-refractivity contribution in [1.82, 2.24) is 9.97 Å². The van der Waals surface area contributed by atoms with E-state index in [4.69, 9.17) is 0 Å². The number of rotatable bonds is 6. The summed E-state index contributed by atoms with van der Waals surface area (Å²) in [6.45, 7) is 4.19. The van der Waals surface area contributed by atoms with Crippen LogP contribution in [0.2, 0.25) is 0 Å². The van der Waals surface area contributed by atoms with Crippen LogP contribution in [0.4, 0.5) is 11.6 Å². The topological polar surface area (TPSA) is 49.8 Å². The van der Waals surface area contributed by atoms with Crippen LogP contribution < -0.4 is 10.6 Å². The molecule has 2 fully saturated rings. The molecule has 3 unspecified atom stereocenters. The molecule has 0 aliphatic heterocycles. The lowest BCUT2D eigenvalue weighted by molar-refractivity contribution is 0.348. The van der Waals surface area contributed by atoms with Crippen LogP contribution in [0.3, 0.4) is 0 Å². The molecule has 19 heavy (non-hydrogen) atoms. The van der Waals surface area contributed by atoms with E-state index in [1.54, 1.807) is 6.33 Å². The summed E-state index contributed by atoms with van der Waals surface area (Å²) in [5.74, 6) is 4.73. The van der Waals surface area contributed by atoms with Crippen molar-refractivity contribution in [3.63, 3.8) is 0 Å². The van der Waals surface area contributed by atoms with Crippen molar-refractivity contribution in [2.24, 2.45) is 17.8 Å². The van der Waals surface area contributed by atoms with Crippen LogP contribution in [-0.2, 0) is 0 Å². The molecular formula is C15H24N4. The highest BCUT2D eigenvalue weighted by Gasteiger charge is 2.39. The largest absolute Gasteiger partial charge is 0.370 e. The van der Waals surface area contributed by atoms with Gasteiger partial charge in [0.05, 0.1) is 0 Å². The van der Waals surface area contributed by atoms with Crippen LogP contribution in [0.5, 0.6) is 0 Å². The summed E-state index contributed by atoms with van der Waals surface area (Å²) < 4.78 is 0. The van der Waals surface area contributed by atoms with Gasteiger partial charge in [-0.2, -0.15) is 0 Å². The van der Waals surface area contributed by atoms with Gasteiger partial charge in [-0.05, 0) is 43.4 Å². The normalized spacial score (nSPS) is 28.6. The van der Waals surface area contributed by atoms with Crippen molar-refractivity contribution >= 4 is 11.6 Å². The summed E-state index contributed by atoms with van der Waals surface area (Å²) >= 11 is 0. The van der Waals surface area contributed by atoms with Gasteiger partial charge in [-0.15, -0.1) is 0 Å². The Kier molecular flexibility index (Phi) is 3.85. The van der Waals surface area contributed by atoms with Gasteiger partial charge in [0.2, 0.25) is 0 Å². The molecule has 2 bridgehead atoms. The Labute approximate surface area is 115 Å². The minimum absolute atomic E-state index is 0.862. The van der Waals surface area contributed by atoms with Crippen LogP contribution in [-0.4, -0.2) is 23.1 Å². The monoisotopic (exact) mass is 260 g/mol. The summed E-state index contributed by atoms with van der Waals surface area (Å²) in [5.41, 5.74) is 0. The van der Waals surface area contributed by atoms with Gasteiger partial charge in [-0.3, -0.25) is 0 Å². The van der Waals surface area contributed by atoms with Gasteiger partial charge in [-0.25, -0.2) is 9.97 Å². The van der Waals surface area contributed by atoms with Gasteiger partial charge in [0.1, 0.15) is 18.0 Å². The number of nitrogens with zero attached hydrogens (tertiary/aromatic N) is 2. The Hall–Kier alpha value is -1.32. The van der Waals surface area contributed by atoms with E-state index in [9.17, 15) is 0 Å². The quantitative estimate of drug-likeness (QED) is 0.825. The van der Waals surface area contributed by atoms with Crippen LogP contribution in [0.15, 0.2) is 12.4 Å².